The van der Waals surface area contributed by atoms with Gasteiger partial charge in [0.25, 0.3) is 5.91 Å². The van der Waals surface area contributed by atoms with E-state index in [4.69, 9.17) is 11.6 Å². The van der Waals surface area contributed by atoms with Crippen molar-refractivity contribution in [3.8, 4) is 0 Å². The maximum atomic E-state index is 13.8. The Bertz CT molecular complexity index is 1520. The second kappa shape index (κ2) is 12.3. The number of amides is 3. The third-order valence-corrected chi connectivity index (χ3v) is 7.56. The minimum absolute atomic E-state index is 0.0402. The van der Waals surface area contributed by atoms with Gasteiger partial charge in [-0.25, -0.2) is 0 Å². The van der Waals surface area contributed by atoms with Crippen LogP contribution in [0, 0.1) is 0 Å². The zero-order valence-corrected chi connectivity index (χ0v) is 23.2. The van der Waals surface area contributed by atoms with Gasteiger partial charge in [-0.2, -0.15) is 0 Å². The van der Waals surface area contributed by atoms with Gasteiger partial charge >= 0.3 is 0 Å². The Morgan fingerprint density at radius 2 is 1.62 bits per heavy atom. The van der Waals surface area contributed by atoms with Crippen molar-refractivity contribution >= 4 is 45.8 Å². The zero-order chi connectivity index (χ0) is 28.1. The maximum absolute atomic E-state index is 13.8. The molecule has 3 amide bonds. The number of benzene rings is 4. The summed E-state index contributed by atoms with van der Waals surface area (Å²) in [6.07, 6.45) is 1.07. The summed E-state index contributed by atoms with van der Waals surface area (Å²) in [5.74, 6) is -0.364. The summed E-state index contributed by atoms with van der Waals surface area (Å²) in [5.41, 5.74) is 3.44. The molecule has 7 heteroatoms. The van der Waals surface area contributed by atoms with Crippen LogP contribution in [0.1, 0.15) is 41.3 Å². The van der Waals surface area contributed by atoms with E-state index in [1.54, 1.807) is 21.9 Å². The Labute approximate surface area is 239 Å². The van der Waals surface area contributed by atoms with Gasteiger partial charge in [0.15, 0.2) is 0 Å². The number of nitrogens with one attached hydrogen (secondary N) is 1. The summed E-state index contributed by atoms with van der Waals surface area (Å²) >= 11 is 6.10. The molecule has 0 saturated heterocycles. The Hall–Kier alpha value is -4.16. The van der Waals surface area contributed by atoms with Gasteiger partial charge in [0, 0.05) is 48.4 Å². The van der Waals surface area contributed by atoms with Gasteiger partial charge in [0.2, 0.25) is 11.8 Å². The van der Waals surface area contributed by atoms with E-state index in [1.165, 1.54) is 0 Å². The number of hydrogen-bond acceptors (Lipinski definition) is 3. The smallest absolute Gasteiger partial charge is 0.258 e. The molecule has 204 valence electrons. The summed E-state index contributed by atoms with van der Waals surface area (Å²) in [7, 11) is 0. The number of halogens is 1. The molecule has 0 aromatic heterocycles. The van der Waals surface area contributed by atoms with Crippen LogP contribution in [0.2, 0.25) is 5.02 Å². The van der Waals surface area contributed by atoms with Crippen molar-refractivity contribution in [3.05, 3.63) is 113 Å². The first kappa shape index (κ1) is 27.4. The van der Waals surface area contributed by atoms with E-state index < -0.39 is 6.04 Å². The van der Waals surface area contributed by atoms with E-state index in [1.807, 2.05) is 85.8 Å². The number of nitrogens with zero attached hydrogens (tertiary/aromatic N) is 2. The summed E-state index contributed by atoms with van der Waals surface area (Å²) in [5, 5.41) is 5.52. The van der Waals surface area contributed by atoms with Gasteiger partial charge in [-0.1, -0.05) is 78.3 Å². The molecule has 0 bridgehead atoms. The first-order valence-corrected chi connectivity index (χ1v) is 14.0. The van der Waals surface area contributed by atoms with Crippen LogP contribution in [0.25, 0.3) is 10.8 Å². The fourth-order valence-corrected chi connectivity index (χ4v) is 5.49. The molecule has 1 unspecified atom stereocenters. The standard InChI is InChI=1S/C33H32ClN3O3/c1-2-35-32(39)29(21-23-9-4-3-5-10-23)37(22-24-16-18-26(34)19-17-24)30(38)15-8-20-36-28-14-7-12-25-11-6-13-27(31(25)28)33(36)40/h3-7,9-14,16-19,29H,2,8,15,20-22H2,1H3,(H,35,39). The lowest BCUT2D eigenvalue weighted by Gasteiger charge is -2.32. The largest absolute Gasteiger partial charge is 0.355 e. The van der Waals surface area contributed by atoms with Crippen LogP contribution in [0.4, 0.5) is 5.69 Å². The number of carbonyl (C=O) groups excluding carboxylic acids is 3. The van der Waals surface area contributed by atoms with Crippen molar-refractivity contribution in [2.75, 3.05) is 18.0 Å². The van der Waals surface area contributed by atoms with E-state index in [2.05, 4.69) is 5.32 Å². The summed E-state index contributed by atoms with van der Waals surface area (Å²) < 4.78 is 0. The first-order chi connectivity index (χ1) is 19.5. The number of rotatable bonds is 11. The van der Waals surface area contributed by atoms with Gasteiger partial charge in [0.1, 0.15) is 6.04 Å². The fraction of sp³-hybridized carbons (Fsp3) is 0.242. The topological polar surface area (TPSA) is 69.7 Å². The van der Waals surface area contributed by atoms with Crippen molar-refractivity contribution in [1.29, 1.82) is 0 Å². The Morgan fingerprint density at radius 3 is 2.35 bits per heavy atom. The molecule has 1 N–H and O–H groups in total. The molecule has 6 nitrogen and oxygen atoms in total. The van der Waals surface area contributed by atoms with Crippen LogP contribution in [-0.2, 0) is 22.6 Å². The van der Waals surface area contributed by atoms with Crippen LogP contribution < -0.4 is 10.2 Å². The summed E-state index contributed by atoms with van der Waals surface area (Å²) in [6.45, 7) is 3.03. The highest BCUT2D eigenvalue weighted by Gasteiger charge is 2.32. The van der Waals surface area contributed by atoms with Crippen molar-refractivity contribution < 1.29 is 14.4 Å². The highest BCUT2D eigenvalue weighted by Crippen LogP contribution is 2.37. The Kier molecular flexibility index (Phi) is 8.46. The fourth-order valence-electron chi connectivity index (χ4n) is 5.37. The molecule has 40 heavy (non-hydrogen) atoms. The molecule has 0 saturated carbocycles. The van der Waals surface area contributed by atoms with E-state index in [-0.39, 0.29) is 30.7 Å². The van der Waals surface area contributed by atoms with Gasteiger partial charge in [-0.05, 0) is 54.1 Å². The van der Waals surface area contributed by atoms with Gasteiger partial charge in [-0.15, -0.1) is 0 Å². The summed E-state index contributed by atoms with van der Waals surface area (Å²) in [6, 6.07) is 28.0. The lowest BCUT2D eigenvalue weighted by Crippen LogP contribution is -2.50. The molecular weight excluding hydrogens is 522 g/mol. The first-order valence-electron chi connectivity index (χ1n) is 13.7. The Balaban J connectivity index is 1.36. The molecule has 0 radical (unpaired) electrons. The monoisotopic (exact) mass is 553 g/mol. The third kappa shape index (κ3) is 5.87. The summed E-state index contributed by atoms with van der Waals surface area (Å²) in [4.78, 5) is 43.8. The number of carbonyl (C=O) groups is 3. The van der Waals surface area contributed by atoms with E-state index >= 15 is 0 Å². The minimum Gasteiger partial charge on any atom is -0.355 e. The predicted molar refractivity (Wildman–Crippen MR) is 159 cm³/mol. The molecule has 5 rings (SSSR count). The van der Waals surface area contributed by atoms with Crippen LogP contribution in [-0.4, -0.2) is 41.8 Å². The van der Waals surface area contributed by atoms with Crippen molar-refractivity contribution in [2.24, 2.45) is 0 Å². The third-order valence-electron chi connectivity index (χ3n) is 7.31. The Morgan fingerprint density at radius 1 is 0.900 bits per heavy atom. The molecule has 1 heterocycles. The van der Waals surface area contributed by atoms with Crippen LogP contribution >= 0.6 is 11.6 Å². The second-order valence-electron chi connectivity index (χ2n) is 9.99. The SMILES string of the molecule is CCNC(=O)C(Cc1ccccc1)N(Cc1ccc(Cl)cc1)C(=O)CCCN1C(=O)c2cccc3cccc1c23. The highest BCUT2D eigenvalue weighted by atomic mass is 35.5. The number of likely N-dealkylation sites (N-methyl/N-ethyl adjacent to an activating group) is 1. The molecule has 0 spiro atoms. The molecular formula is C33H32ClN3O3. The van der Waals surface area contributed by atoms with Crippen molar-refractivity contribution in [2.45, 2.75) is 38.8 Å². The van der Waals surface area contributed by atoms with Crippen LogP contribution in [0.15, 0.2) is 91.0 Å². The second-order valence-corrected chi connectivity index (χ2v) is 10.4. The van der Waals surface area contributed by atoms with E-state index in [0.29, 0.717) is 36.5 Å². The molecule has 1 aliphatic rings. The van der Waals surface area contributed by atoms with Crippen LogP contribution in [0.5, 0.6) is 0 Å². The predicted octanol–water partition coefficient (Wildman–Crippen LogP) is 6.01. The normalized spacial score (nSPS) is 12.9. The maximum Gasteiger partial charge on any atom is 0.258 e. The van der Waals surface area contributed by atoms with Gasteiger partial charge in [-0.3, -0.25) is 14.4 Å². The zero-order valence-electron chi connectivity index (χ0n) is 22.5. The van der Waals surface area contributed by atoms with Gasteiger partial charge in [0.05, 0.1) is 5.69 Å². The molecule has 0 aliphatic carbocycles. The molecule has 4 aromatic carbocycles. The highest BCUT2D eigenvalue weighted by molar-refractivity contribution is 6.30. The number of hydrogen-bond donors (Lipinski definition) is 1. The average molecular weight is 554 g/mol. The van der Waals surface area contributed by atoms with Crippen LogP contribution in [0.3, 0.4) is 0 Å². The van der Waals surface area contributed by atoms with Gasteiger partial charge < -0.3 is 15.1 Å². The molecule has 1 atom stereocenters. The minimum atomic E-state index is -0.683. The molecule has 0 fully saturated rings. The lowest BCUT2D eigenvalue weighted by molar-refractivity contribution is -0.141. The lowest BCUT2D eigenvalue weighted by atomic mass is 10.0. The average Bonchev–Trinajstić information content (AvgIpc) is 3.24. The number of anilines is 1. The molecule has 4 aromatic rings. The van der Waals surface area contributed by atoms with Crippen molar-refractivity contribution in [3.63, 3.8) is 0 Å². The van der Waals surface area contributed by atoms with Crippen molar-refractivity contribution in [1.82, 2.24) is 10.2 Å². The van der Waals surface area contributed by atoms with E-state index in [9.17, 15) is 14.4 Å². The quantitative estimate of drug-likeness (QED) is 0.247. The van der Waals surface area contributed by atoms with E-state index in [0.717, 1.165) is 27.6 Å². The molecule has 1 aliphatic heterocycles.